The summed E-state index contributed by atoms with van der Waals surface area (Å²) < 4.78 is 10.7. The van der Waals surface area contributed by atoms with E-state index in [9.17, 15) is 0 Å². The highest BCUT2D eigenvalue weighted by molar-refractivity contribution is 14.0. The molecule has 0 aromatic heterocycles. The van der Waals surface area contributed by atoms with Gasteiger partial charge in [-0.1, -0.05) is 39.5 Å². The van der Waals surface area contributed by atoms with Gasteiger partial charge in [0.05, 0.1) is 19.8 Å². The Balaban J connectivity index is 0.00000576. The molecule has 0 saturated carbocycles. The fourth-order valence-electron chi connectivity index (χ4n) is 3.12. The summed E-state index contributed by atoms with van der Waals surface area (Å²) in [5.41, 5.74) is 0. The summed E-state index contributed by atoms with van der Waals surface area (Å²) in [6.45, 7) is 9.95. The number of rotatable bonds is 12. The predicted molar refractivity (Wildman–Crippen MR) is 117 cm³/mol. The van der Waals surface area contributed by atoms with E-state index in [4.69, 9.17) is 9.47 Å². The summed E-state index contributed by atoms with van der Waals surface area (Å²) in [5, 5.41) is 3.52. The van der Waals surface area contributed by atoms with Crippen molar-refractivity contribution in [2.24, 2.45) is 16.8 Å². The molecule has 25 heavy (non-hydrogen) atoms. The van der Waals surface area contributed by atoms with E-state index >= 15 is 0 Å². The average Bonchev–Trinajstić information content (AvgIpc) is 3.02. The highest BCUT2D eigenvalue weighted by atomic mass is 127. The zero-order valence-corrected chi connectivity index (χ0v) is 19.1. The summed E-state index contributed by atoms with van der Waals surface area (Å²) >= 11 is 0. The van der Waals surface area contributed by atoms with Gasteiger partial charge in [0.25, 0.3) is 0 Å². The van der Waals surface area contributed by atoms with Crippen molar-refractivity contribution < 1.29 is 9.47 Å². The van der Waals surface area contributed by atoms with Gasteiger partial charge in [-0.2, -0.15) is 0 Å². The number of likely N-dealkylation sites (tertiary alicyclic amines) is 1. The van der Waals surface area contributed by atoms with Gasteiger partial charge >= 0.3 is 0 Å². The molecule has 1 saturated heterocycles. The zero-order chi connectivity index (χ0) is 17.6. The minimum atomic E-state index is 0. The molecule has 0 bridgehead atoms. The van der Waals surface area contributed by atoms with Gasteiger partial charge < -0.3 is 19.7 Å². The fourth-order valence-corrected chi connectivity index (χ4v) is 3.12. The largest absolute Gasteiger partial charge is 0.382 e. The van der Waals surface area contributed by atoms with Crippen molar-refractivity contribution in [3.8, 4) is 0 Å². The van der Waals surface area contributed by atoms with Crippen LogP contribution in [0.5, 0.6) is 0 Å². The number of guanidine groups is 1. The van der Waals surface area contributed by atoms with Gasteiger partial charge in [-0.15, -0.1) is 24.0 Å². The van der Waals surface area contributed by atoms with E-state index < -0.39 is 0 Å². The van der Waals surface area contributed by atoms with Crippen LogP contribution in [0.1, 0.15) is 52.4 Å². The summed E-state index contributed by atoms with van der Waals surface area (Å²) in [5.74, 6) is 2.50. The molecule has 1 fully saturated rings. The van der Waals surface area contributed by atoms with Gasteiger partial charge in [-0.3, -0.25) is 4.99 Å². The highest BCUT2D eigenvalue weighted by Crippen LogP contribution is 2.16. The molecule has 1 N–H and O–H groups in total. The molecule has 0 amide bonds. The van der Waals surface area contributed by atoms with Crippen LogP contribution in [0, 0.1) is 11.8 Å². The Bertz CT molecular complexity index is 341. The Hall–Kier alpha value is -0.0800. The summed E-state index contributed by atoms with van der Waals surface area (Å²) in [6, 6.07) is 0. The number of nitrogens with zero attached hydrogens (tertiary/aromatic N) is 2. The smallest absolute Gasteiger partial charge is 0.193 e. The first-order valence-electron chi connectivity index (χ1n) is 9.69. The van der Waals surface area contributed by atoms with Crippen molar-refractivity contribution in [3.05, 3.63) is 0 Å². The second-order valence-corrected chi connectivity index (χ2v) is 7.24. The van der Waals surface area contributed by atoms with Crippen LogP contribution in [0.15, 0.2) is 4.99 Å². The van der Waals surface area contributed by atoms with Crippen LogP contribution in [0.4, 0.5) is 0 Å². The number of ether oxygens (including phenoxy) is 2. The van der Waals surface area contributed by atoms with E-state index in [0.717, 1.165) is 38.1 Å². The van der Waals surface area contributed by atoms with Crippen LogP contribution in [-0.4, -0.2) is 64.5 Å². The number of hydrogen-bond donors (Lipinski definition) is 1. The lowest BCUT2D eigenvalue weighted by Crippen LogP contribution is -2.40. The Morgan fingerprint density at radius 2 is 1.96 bits per heavy atom. The minimum Gasteiger partial charge on any atom is -0.382 e. The predicted octanol–water partition coefficient (Wildman–Crippen LogP) is 3.77. The molecule has 1 unspecified atom stereocenters. The van der Waals surface area contributed by atoms with Gasteiger partial charge in [0, 0.05) is 39.7 Å². The number of unbranched alkanes of at least 4 members (excludes halogenated alkanes) is 3. The van der Waals surface area contributed by atoms with Gasteiger partial charge in [-0.05, 0) is 18.8 Å². The first-order valence-corrected chi connectivity index (χ1v) is 9.69. The fraction of sp³-hybridized carbons (Fsp3) is 0.947. The number of hydrogen-bond acceptors (Lipinski definition) is 3. The van der Waals surface area contributed by atoms with E-state index in [-0.39, 0.29) is 24.0 Å². The van der Waals surface area contributed by atoms with Crippen LogP contribution in [0.25, 0.3) is 0 Å². The van der Waals surface area contributed by atoms with Crippen LogP contribution < -0.4 is 5.32 Å². The number of nitrogens with one attached hydrogen (secondary N) is 1. The van der Waals surface area contributed by atoms with Crippen LogP contribution in [0.3, 0.4) is 0 Å². The molecule has 1 heterocycles. The summed E-state index contributed by atoms with van der Waals surface area (Å²) in [7, 11) is 3.59. The van der Waals surface area contributed by atoms with Crippen molar-refractivity contribution in [2.75, 3.05) is 53.6 Å². The molecule has 0 aromatic carbocycles. The molecule has 0 radical (unpaired) electrons. The van der Waals surface area contributed by atoms with Crippen molar-refractivity contribution in [1.82, 2.24) is 10.2 Å². The minimum absolute atomic E-state index is 0. The van der Waals surface area contributed by atoms with Crippen molar-refractivity contribution in [2.45, 2.75) is 52.4 Å². The first kappa shape index (κ1) is 24.9. The van der Waals surface area contributed by atoms with Crippen molar-refractivity contribution in [1.29, 1.82) is 0 Å². The Kier molecular flexibility index (Phi) is 16.1. The number of methoxy groups -OCH3 is 1. The second kappa shape index (κ2) is 16.1. The SMILES string of the molecule is CN=C(NCCCCCCC(C)C)N1CCC(COCCOC)C1.I. The molecule has 6 heteroatoms. The monoisotopic (exact) mass is 469 g/mol. The maximum atomic E-state index is 5.66. The van der Waals surface area contributed by atoms with Gasteiger partial charge in [0.2, 0.25) is 0 Å². The molecule has 1 atom stereocenters. The number of aliphatic imine (C=N–C) groups is 1. The highest BCUT2D eigenvalue weighted by Gasteiger charge is 2.24. The number of halogens is 1. The first-order chi connectivity index (χ1) is 11.7. The van der Waals surface area contributed by atoms with E-state index in [1.807, 2.05) is 7.05 Å². The third-order valence-electron chi connectivity index (χ3n) is 4.57. The van der Waals surface area contributed by atoms with E-state index in [1.165, 1.54) is 38.5 Å². The quantitative estimate of drug-likeness (QED) is 0.205. The normalized spacial score (nSPS) is 17.9. The summed E-state index contributed by atoms with van der Waals surface area (Å²) in [4.78, 5) is 6.81. The third kappa shape index (κ3) is 12.0. The topological polar surface area (TPSA) is 46.1 Å². The lowest BCUT2D eigenvalue weighted by molar-refractivity contribution is 0.0536. The van der Waals surface area contributed by atoms with E-state index in [0.29, 0.717) is 19.1 Å². The molecule has 1 rings (SSSR count). The summed E-state index contributed by atoms with van der Waals surface area (Å²) in [6.07, 6.45) is 7.80. The molecule has 150 valence electrons. The van der Waals surface area contributed by atoms with E-state index in [2.05, 4.69) is 29.1 Å². The zero-order valence-electron chi connectivity index (χ0n) is 16.8. The lowest BCUT2D eigenvalue weighted by atomic mass is 10.0. The van der Waals surface area contributed by atoms with Gasteiger partial charge in [0.1, 0.15) is 0 Å². The van der Waals surface area contributed by atoms with Crippen LogP contribution in [-0.2, 0) is 9.47 Å². The van der Waals surface area contributed by atoms with Gasteiger partial charge in [0.15, 0.2) is 5.96 Å². The lowest BCUT2D eigenvalue weighted by Gasteiger charge is -2.21. The van der Waals surface area contributed by atoms with E-state index in [1.54, 1.807) is 7.11 Å². The molecule has 1 aliphatic rings. The molecule has 0 aliphatic carbocycles. The molecule has 0 spiro atoms. The maximum Gasteiger partial charge on any atom is 0.193 e. The van der Waals surface area contributed by atoms with Crippen LogP contribution >= 0.6 is 24.0 Å². The molecular formula is C19H40IN3O2. The standard InChI is InChI=1S/C19H39N3O2.HI/c1-17(2)9-7-5-6-8-11-21-19(20-3)22-12-10-18(15-22)16-24-14-13-23-4;/h17-18H,5-16H2,1-4H3,(H,20,21);1H. The van der Waals surface area contributed by atoms with Gasteiger partial charge in [-0.25, -0.2) is 0 Å². The molecule has 0 aromatic rings. The average molecular weight is 469 g/mol. The Morgan fingerprint density at radius 3 is 2.64 bits per heavy atom. The van der Waals surface area contributed by atoms with Crippen LogP contribution in [0.2, 0.25) is 0 Å². The molecule has 1 aliphatic heterocycles. The van der Waals surface area contributed by atoms with Crippen molar-refractivity contribution in [3.63, 3.8) is 0 Å². The second-order valence-electron chi connectivity index (χ2n) is 7.24. The Labute approximate surface area is 172 Å². The molecule has 5 nitrogen and oxygen atoms in total. The van der Waals surface area contributed by atoms with Crippen molar-refractivity contribution >= 4 is 29.9 Å². The maximum absolute atomic E-state index is 5.66. The third-order valence-corrected chi connectivity index (χ3v) is 4.57. The Morgan fingerprint density at radius 1 is 1.20 bits per heavy atom. The molecular weight excluding hydrogens is 429 g/mol.